The Morgan fingerprint density at radius 3 is 2.92 bits per heavy atom. The van der Waals surface area contributed by atoms with Crippen molar-refractivity contribution in [3.05, 3.63) is 40.4 Å². The molecule has 0 spiro atoms. The Balaban J connectivity index is 1.43. The van der Waals surface area contributed by atoms with Crippen LogP contribution in [-0.4, -0.2) is 55.2 Å². The summed E-state index contributed by atoms with van der Waals surface area (Å²) >= 11 is 7.49. The highest BCUT2D eigenvalue weighted by Crippen LogP contribution is 2.26. The van der Waals surface area contributed by atoms with Crippen LogP contribution in [0.3, 0.4) is 0 Å². The molecule has 3 rings (SSSR count). The number of ether oxygens (including phenoxy) is 1. The summed E-state index contributed by atoms with van der Waals surface area (Å²) in [5.41, 5.74) is 1.20. The molecule has 1 amide bonds. The Morgan fingerprint density at radius 2 is 2.12 bits per heavy atom. The second kappa shape index (κ2) is 9.15. The summed E-state index contributed by atoms with van der Waals surface area (Å²) in [5.74, 6) is -0.148. The Bertz CT molecular complexity index is 703. The van der Waals surface area contributed by atoms with Crippen molar-refractivity contribution in [1.82, 2.24) is 15.2 Å². The van der Waals surface area contributed by atoms with Crippen molar-refractivity contribution in [2.45, 2.75) is 6.42 Å². The summed E-state index contributed by atoms with van der Waals surface area (Å²) in [6.45, 7) is 5.15. The predicted molar refractivity (Wildman–Crippen MR) is 101 cm³/mol. The van der Waals surface area contributed by atoms with Crippen molar-refractivity contribution < 1.29 is 9.53 Å². The number of nitrogens with zero attached hydrogens (tertiary/aromatic N) is 2. The fourth-order valence-electron chi connectivity index (χ4n) is 2.53. The normalized spacial score (nSPS) is 15.1. The number of para-hydroxylation sites is 1. The summed E-state index contributed by atoms with van der Waals surface area (Å²) in [6.07, 6.45) is 0.917. The molecule has 134 valence electrons. The van der Waals surface area contributed by atoms with Crippen LogP contribution in [-0.2, 0) is 4.74 Å². The number of aromatic nitrogens is 1. The molecular weight excluding hydrogens is 360 g/mol. The van der Waals surface area contributed by atoms with Gasteiger partial charge in [0.25, 0.3) is 5.91 Å². The SMILES string of the molecule is O=C(NCCCN1CCOCC1)c1csc(Nc2ccccc2Cl)n1. The highest BCUT2D eigenvalue weighted by Gasteiger charge is 2.12. The number of benzene rings is 1. The van der Waals surface area contributed by atoms with E-state index in [0.29, 0.717) is 22.4 Å². The molecule has 1 fully saturated rings. The third-order valence-electron chi connectivity index (χ3n) is 3.89. The number of morpholine rings is 1. The van der Waals surface area contributed by atoms with Crippen LogP contribution in [0, 0.1) is 0 Å². The van der Waals surface area contributed by atoms with Gasteiger partial charge < -0.3 is 15.4 Å². The summed E-state index contributed by atoms with van der Waals surface area (Å²) in [7, 11) is 0. The summed E-state index contributed by atoms with van der Waals surface area (Å²) in [5, 5.41) is 9.06. The van der Waals surface area contributed by atoms with Crippen molar-refractivity contribution in [2.24, 2.45) is 0 Å². The van der Waals surface area contributed by atoms with E-state index in [0.717, 1.165) is 45.0 Å². The molecule has 2 heterocycles. The smallest absolute Gasteiger partial charge is 0.270 e. The van der Waals surface area contributed by atoms with E-state index in [1.165, 1.54) is 11.3 Å². The first-order chi connectivity index (χ1) is 12.2. The number of halogens is 1. The maximum Gasteiger partial charge on any atom is 0.270 e. The zero-order chi connectivity index (χ0) is 17.5. The van der Waals surface area contributed by atoms with Gasteiger partial charge in [-0.1, -0.05) is 23.7 Å². The molecule has 2 aromatic rings. The first kappa shape index (κ1) is 18.1. The molecular formula is C17H21ClN4O2S. The summed E-state index contributed by atoms with van der Waals surface area (Å²) in [6, 6.07) is 7.43. The average Bonchev–Trinajstić information content (AvgIpc) is 3.10. The fraction of sp³-hybridized carbons (Fsp3) is 0.412. The van der Waals surface area contributed by atoms with Crippen LogP contribution in [0.2, 0.25) is 5.02 Å². The van der Waals surface area contributed by atoms with Gasteiger partial charge in [-0.3, -0.25) is 9.69 Å². The monoisotopic (exact) mass is 380 g/mol. The fourth-order valence-corrected chi connectivity index (χ4v) is 3.42. The van der Waals surface area contributed by atoms with E-state index in [1.807, 2.05) is 18.2 Å². The van der Waals surface area contributed by atoms with Gasteiger partial charge in [0, 0.05) is 25.0 Å². The predicted octanol–water partition coefficient (Wildman–Crippen LogP) is 2.99. The van der Waals surface area contributed by atoms with Gasteiger partial charge >= 0.3 is 0 Å². The zero-order valence-electron chi connectivity index (χ0n) is 13.8. The third-order valence-corrected chi connectivity index (χ3v) is 4.98. The van der Waals surface area contributed by atoms with Crippen LogP contribution in [0.4, 0.5) is 10.8 Å². The van der Waals surface area contributed by atoms with Gasteiger partial charge in [-0.2, -0.15) is 0 Å². The van der Waals surface area contributed by atoms with Crippen LogP contribution < -0.4 is 10.6 Å². The minimum absolute atomic E-state index is 0.148. The van der Waals surface area contributed by atoms with E-state index in [1.54, 1.807) is 11.4 Å². The Morgan fingerprint density at radius 1 is 1.32 bits per heavy atom. The average molecular weight is 381 g/mol. The molecule has 0 atom stereocenters. The Labute approximate surface area is 156 Å². The molecule has 1 aliphatic heterocycles. The van der Waals surface area contributed by atoms with Crippen LogP contribution >= 0.6 is 22.9 Å². The maximum atomic E-state index is 12.2. The number of hydrogen-bond donors (Lipinski definition) is 2. The quantitative estimate of drug-likeness (QED) is 0.723. The van der Waals surface area contributed by atoms with Gasteiger partial charge in [-0.05, 0) is 25.1 Å². The molecule has 8 heteroatoms. The van der Waals surface area contributed by atoms with Gasteiger partial charge in [0.2, 0.25) is 0 Å². The molecule has 0 saturated carbocycles. The number of carbonyl (C=O) groups excluding carboxylic acids is 1. The number of amides is 1. The third kappa shape index (κ3) is 5.40. The maximum absolute atomic E-state index is 12.2. The second-order valence-corrected chi connectivity index (χ2v) is 6.97. The molecule has 0 aliphatic carbocycles. The van der Waals surface area contributed by atoms with Crippen LogP contribution in [0.1, 0.15) is 16.9 Å². The highest BCUT2D eigenvalue weighted by molar-refractivity contribution is 7.14. The lowest BCUT2D eigenvalue weighted by Crippen LogP contribution is -2.38. The molecule has 0 bridgehead atoms. The minimum atomic E-state index is -0.148. The van der Waals surface area contributed by atoms with Gasteiger partial charge in [0.05, 0.1) is 23.9 Å². The van der Waals surface area contributed by atoms with E-state index < -0.39 is 0 Å². The Hall–Kier alpha value is -1.67. The van der Waals surface area contributed by atoms with Crippen molar-refractivity contribution in [1.29, 1.82) is 0 Å². The molecule has 1 aromatic heterocycles. The van der Waals surface area contributed by atoms with Gasteiger partial charge in [0.1, 0.15) is 5.69 Å². The zero-order valence-corrected chi connectivity index (χ0v) is 15.4. The molecule has 25 heavy (non-hydrogen) atoms. The van der Waals surface area contributed by atoms with Crippen LogP contribution in [0.25, 0.3) is 0 Å². The first-order valence-electron chi connectivity index (χ1n) is 8.28. The van der Waals surface area contributed by atoms with E-state index in [4.69, 9.17) is 16.3 Å². The van der Waals surface area contributed by atoms with E-state index in [2.05, 4.69) is 20.5 Å². The molecule has 0 unspecified atom stereocenters. The highest BCUT2D eigenvalue weighted by atomic mass is 35.5. The second-order valence-electron chi connectivity index (χ2n) is 5.71. The number of nitrogens with one attached hydrogen (secondary N) is 2. The summed E-state index contributed by atoms with van der Waals surface area (Å²) in [4.78, 5) is 18.9. The van der Waals surface area contributed by atoms with E-state index in [-0.39, 0.29) is 5.91 Å². The van der Waals surface area contributed by atoms with Crippen molar-refractivity contribution in [2.75, 3.05) is 44.7 Å². The minimum Gasteiger partial charge on any atom is -0.379 e. The number of hydrogen-bond acceptors (Lipinski definition) is 6. The van der Waals surface area contributed by atoms with Crippen molar-refractivity contribution in [3.8, 4) is 0 Å². The standard InChI is InChI=1S/C17H21ClN4O2S/c18-13-4-1-2-5-14(13)20-17-21-15(12-25-17)16(23)19-6-3-7-22-8-10-24-11-9-22/h1-2,4-5,12H,3,6-11H2,(H,19,23)(H,20,21). The molecule has 1 saturated heterocycles. The number of carbonyl (C=O) groups is 1. The van der Waals surface area contributed by atoms with E-state index >= 15 is 0 Å². The lowest BCUT2D eigenvalue weighted by atomic mass is 10.3. The topological polar surface area (TPSA) is 66.5 Å². The molecule has 6 nitrogen and oxygen atoms in total. The van der Waals surface area contributed by atoms with Crippen LogP contribution in [0.5, 0.6) is 0 Å². The van der Waals surface area contributed by atoms with Crippen molar-refractivity contribution >= 4 is 39.7 Å². The first-order valence-corrected chi connectivity index (χ1v) is 9.53. The molecule has 1 aliphatic rings. The van der Waals surface area contributed by atoms with Gasteiger partial charge in [-0.25, -0.2) is 4.98 Å². The Kier molecular flexibility index (Phi) is 6.63. The lowest BCUT2D eigenvalue weighted by Gasteiger charge is -2.26. The molecule has 0 radical (unpaired) electrons. The number of thiazole rings is 1. The number of anilines is 2. The molecule has 2 N–H and O–H groups in total. The number of rotatable bonds is 7. The largest absolute Gasteiger partial charge is 0.379 e. The van der Waals surface area contributed by atoms with Gasteiger partial charge in [0.15, 0.2) is 5.13 Å². The van der Waals surface area contributed by atoms with Crippen LogP contribution in [0.15, 0.2) is 29.6 Å². The lowest BCUT2D eigenvalue weighted by molar-refractivity contribution is 0.0374. The van der Waals surface area contributed by atoms with Gasteiger partial charge in [-0.15, -0.1) is 11.3 Å². The summed E-state index contributed by atoms with van der Waals surface area (Å²) < 4.78 is 5.32. The van der Waals surface area contributed by atoms with E-state index in [9.17, 15) is 4.79 Å². The van der Waals surface area contributed by atoms with Crippen molar-refractivity contribution in [3.63, 3.8) is 0 Å². The molecule has 1 aromatic carbocycles.